The van der Waals surface area contributed by atoms with Crippen molar-refractivity contribution in [2.75, 3.05) is 16.0 Å². The van der Waals surface area contributed by atoms with Gasteiger partial charge in [-0.05, 0) is 60.2 Å². The number of halogens is 2. The fraction of sp³-hybridized carbons (Fsp3) is 0.0333. The summed E-state index contributed by atoms with van der Waals surface area (Å²) in [5, 5.41) is 12.7. The van der Waals surface area contributed by atoms with Crippen LogP contribution in [0.15, 0.2) is 113 Å². The van der Waals surface area contributed by atoms with Gasteiger partial charge in [0.15, 0.2) is 10.2 Å². The number of thioether (sulfide) groups is 1. The maximum Gasteiger partial charge on any atom is 0.244 e. The monoisotopic (exact) mass is 620 g/mol. The summed E-state index contributed by atoms with van der Waals surface area (Å²) in [6.07, 6.45) is 0. The van der Waals surface area contributed by atoms with E-state index in [-0.39, 0.29) is 5.91 Å². The predicted molar refractivity (Wildman–Crippen MR) is 174 cm³/mol. The Kier molecular flexibility index (Phi) is 9.36. The maximum atomic E-state index is 13.6. The van der Waals surface area contributed by atoms with Crippen LogP contribution >= 0.6 is 58.5 Å². The van der Waals surface area contributed by atoms with Crippen molar-refractivity contribution in [3.8, 4) is 11.3 Å². The molecule has 0 saturated heterocycles. The summed E-state index contributed by atoms with van der Waals surface area (Å²) in [4.78, 5) is 19.1. The topological polar surface area (TPSA) is 66.0 Å². The first kappa shape index (κ1) is 28.1. The van der Waals surface area contributed by atoms with Gasteiger partial charge >= 0.3 is 0 Å². The van der Waals surface area contributed by atoms with Crippen LogP contribution in [0.5, 0.6) is 0 Å². The van der Waals surface area contributed by atoms with E-state index in [1.165, 1.54) is 23.1 Å². The molecular formula is C30H22Cl2N4OS3. The molecule has 5 rings (SSSR count). The van der Waals surface area contributed by atoms with Crippen molar-refractivity contribution in [3.05, 3.63) is 124 Å². The second-order valence-corrected chi connectivity index (χ2v) is 11.8. The van der Waals surface area contributed by atoms with Gasteiger partial charge in [0.2, 0.25) is 5.91 Å². The van der Waals surface area contributed by atoms with E-state index in [0.717, 1.165) is 27.4 Å². The number of hydrogen-bond acceptors (Lipinski definition) is 5. The van der Waals surface area contributed by atoms with E-state index >= 15 is 0 Å². The number of benzene rings is 4. The van der Waals surface area contributed by atoms with Crippen molar-refractivity contribution >= 4 is 86.0 Å². The molecule has 0 bridgehead atoms. The molecule has 5 nitrogen and oxygen atoms in total. The summed E-state index contributed by atoms with van der Waals surface area (Å²) >= 11 is 20.5. The Morgan fingerprint density at radius 2 is 1.50 bits per heavy atom. The summed E-state index contributed by atoms with van der Waals surface area (Å²) in [6, 6.07) is 32.5. The van der Waals surface area contributed by atoms with Crippen LogP contribution in [0.3, 0.4) is 0 Å². The Morgan fingerprint density at radius 3 is 2.25 bits per heavy atom. The van der Waals surface area contributed by atoms with Gasteiger partial charge in [0.05, 0.1) is 15.7 Å². The number of amides is 1. The zero-order valence-electron chi connectivity index (χ0n) is 20.8. The summed E-state index contributed by atoms with van der Waals surface area (Å²) in [5.74, 6) is -0.175. The van der Waals surface area contributed by atoms with Gasteiger partial charge in [0.25, 0.3) is 0 Å². The van der Waals surface area contributed by atoms with Crippen molar-refractivity contribution in [2.24, 2.45) is 0 Å². The molecule has 0 radical (unpaired) electrons. The fourth-order valence-corrected chi connectivity index (χ4v) is 6.13. The van der Waals surface area contributed by atoms with E-state index in [2.05, 4.69) is 20.9 Å². The smallest absolute Gasteiger partial charge is 0.244 e. The van der Waals surface area contributed by atoms with Crippen LogP contribution in [0.2, 0.25) is 10.0 Å². The van der Waals surface area contributed by atoms with Crippen LogP contribution in [0.4, 0.5) is 16.5 Å². The van der Waals surface area contributed by atoms with Gasteiger partial charge in [-0.2, -0.15) is 0 Å². The summed E-state index contributed by atoms with van der Waals surface area (Å²) in [7, 11) is 0. The number of aromatic nitrogens is 1. The molecule has 1 unspecified atom stereocenters. The molecule has 0 fully saturated rings. The zero-order chi connectivity index (χ0) is 27.9. The number of anilines is 3. The van der Waals surface area contributed by atoms with E-state index in [9.17, 15) is 4.79 Å². The summed E-state index contributed by atoms with van der Waals surface area (Å²) in [6.45, 7) is 0. The third-order valence-electron chi connectivity index (χ3n) is 5.67. The highest BCUT2D eigenvalue weighted by molar-refractivity contribution is 8.00. The van der Waals surface area contributed by atoms with Gasteiger partial charge in [-0.15, -0.1) is 23.1 Å². The van der Waals surface area contributed by atoms with Gasteiger partial charge in [0.1, 0.15) is 5.25 Å². The van der Waals surface area contributed by atoms with Gasteiger partial charge in [-0.3, -0.25) is 4.79 Å². The first-order chi connectivity index (χ1) is 19.4. The molecule has 3 N–H and O–H groups in total. The van der Waals surface area contributed by atoms with Gasteiger partial charge in [0, 0.05) is 27.2 Å². The largest absolute Gasteiger partial charge is 0.332 e. The van der Waals surface area contributed by atoms with Crippen molar-refractivity contribution in [2.45, 2.75) is 10.1 Å². The van der Waals surface area contributed by atoms with Gasteiger partial charge in [-0.25, -0.2) is 4.98 Å². The molecule has 1 amide bonds. The number of thiocarbonyl (C=S) groups is 1. The maximum absolute atomic E-state index is 13.6. The normalized spacial score (nSPS) is 11.4. The lowest BCUT2D eigenvalue weighted by molar-refractivity contribution is -0.115. The molecule has 0 aliphatic rings. The highest BCUT2D eigenvalue weighted by atomic mass is 35.5. The van der Waals surface area contributed by atoms with Crippen LogP contribution in [0.25, 0.3) is 11.3 Å². The lowest BCUT2D eigenvalue weighted by atomic mass is 10.1. The Hall–Kier alpha value is -3.40. The first-order valence-electron chi connectivity index (χ1n) is 12.1. The van der Waals surface area contributed by atoms with Crippen LogP contribution in [-0.4, -0.2) is 16.0 Å². The first-order valence-corrected chi connectivity index (χ1v) is 15.0. The molecule has 200 valence electrons. The Bertz CT molecular complexity index is 1630. The zero-order valence-corrected chi connectivity index (χ0v) is 24.8. The number of hydrogen-bond donors (Lipinski definition) is 3. The second kappa shape index (κ2) is 13.3. The quantitative estimate of drug-likeness (QED) is 0.119. The van der Waals surface area contributed by atoms with Crippen molar-refractivity contribution in [1.82, 2.24) is 4.98 Å². The Morgan fingerprint density at radius 1 is 0.800 bits per heavy atom. The van der Waals surface area contributed by atoms with E-state index < -0.39 is 5.25 Å². The molecule has 1 atom stereocenters. The van der Waals surface area contributed by atoms with Crippen LogP contribution in [0, 0.1) is 0 Å². The molecule has 0 aliphatic carbocycles. The molecule has 1 aromatic heterocycles. The Balaban J connectivity index is 1.31. The Labute approximate surface area is 256 Å². The minimum atomic E-state index is -0.511. The average Bonchev–Trinajstić information content (AvgIpc) is 3.42. The lowest BCUT2D eigenvalue weighted by Gasteiger charge is -2.17. The highest BCUT2D eigenvalue weighted by Crippen LogP contribution is 2.38. The number of nitrogens with one attached hydrogen (secondary N) is 3. The van der Waals surface area contributed by atoms with Gasteiger partial charge < -0.3 is 16.0 Å². The second-order valence-electron chi connectivity index (χ2n) is 8.54. The van der Waals surface area contributed by atoms with Crippen molar-refractivity contribution < 1.29 is 4.79 Å². The standard InChI is InChI=1S/C30H22Cl2N4OS3/c31-24-15-14-20(16-25(24)32)26-18-39-30(35-26)36-28(37)27(19-8-3-1-4-9-19)40-23-13-7-12-22(17-23)34-29(38)33-21-10-5-2-6-11-21/h1-18,27H,(H2,33,34,38)(H,35,36,37). The molecule has 0 aliphatic heterocycles. The molecule has 5 aromatic rings. The summed E-state index contributed by atoms with van der Waals surface area (Å²) in [5.41, 5.74) is 4.13. The van der Waals surface area contributed by atoms with Crippen LogP contribution < -0.4 is 16.0 Å². The number of thiazole rings is 1. The number of para-hydroxylation sites is 1. The molecule has 0 spiro atoms. The van der Waals surface area contributed by atoms with E-state index in [1.807, 2.05) is 96.4 Å². The number of rotatable bonds is 8. The minimum Gasteiger partial charge on any atom is -0.332 e. The molecule has 0 saturated carbocycles. The molecule has 4 aromatic carbocycles. The fourth-order valence-electron chi connectivity index (χ4n) is 3.79. The average molecular weight is 622 g/mol. The molecular weight excluding hydrogens is 599 g/mol. The minimum absolute atomic E-state index is 0.175. The van der Waals surface area contributed by atoms with E-state index in [0.29, 0.717) is 26.0 Å². The highest BCUT2D eigenvalue weighted by Gasteiger charge is 2.23. The van der Waals surface area contributed by atoms with Crippen LogP contribution in [0.1, 0.15) is 10.8 Å². The predicted octanol–water partition coefficient (Wildman–Crippen LogP) is 9.40. The third kappa shape index (κ3) is 7.41. The molecule has 10 heteroatoms. The number of carbonyl (C=O) groups excluding carboxylic acids is 1. The van der Waals surface area contributed by atoms with Crippen molar-refractivity contribution in [1.29, 1.82) is 0 Å². The summed E-state index contributed by atoms with van der Waals surface area (Å²) < 4.78 is 0. The van der Waals surface area contributed by atoms with E-state index in [1.54, 1.807) is 12.1 Å². The van der Waals surface area contributed by atoms with E-state index in [4.69, 9.17) is 35.4 Å². The number of carbonyl (C=O) groups is 1. The van der Waals surface area contributed by atoms with Crippen LogP contribution in [-0.2, 0) is 4.79 Å². The van der Waals surface area contributed by atoms with Gasteiger partial charge in [-0.1, -0.05) is 83.9 Å². The SMILES string of the molecule is O=C(Nc1nc(-c2ccc(Cl)c(Cl)c2)cs1)C(Sc1cccc(NC(=S)Nc2ccccc2)c1)c1ccccc1. The number of nitrogens with zero attached hydrogens (tertiary/aromatic N) is 1. The third-order valence-corrected chi connectivity index (χ3v) is 8.62. The molecule has 1 heterocycles. The molecule has 40 heavy (non-hydrogen) atoms. The van der Waals surface area contributed by atoms with Crippen molar-refractivity contribution in [3.63, 3.8) is 0 Å². The lowest BCUT2D eigenvalue weighted by Crippen LogP contribution is -2.19.